The van der Waals surface area contributed by atoms with Crippen molar-refractivity contribution < 1.29 is 24.9 Å². The predicted molar refractivity (Wildman–Crippen MR) is 63.8 cm³/mol. The van der Waals surface area contributed by atoms with Gasteiger partial charge in [-0.1, -0.05) is 0 Å². The molecule has 0 aromatic rings. The number of aliphatic hydroxyl groups is 2. The second-order valence-corrected chi connectivity index (χ2v) is 5.63. The van der Waals surface area contributed by atoms with Gasteiger partial charge in [0.15, 0.2) is 0 Å². The number of rotatable bonds is 2. The van der Waals surface area contributed by atoms with Gasteiger partial charge >= 0.3 is 5.97 Å². The third kappa shape index (κ3) is 1.50. The van der Waals surface area contributed by atoms with Crippen molar-refractivity contribution in [3.05, 3.63) is 11.3 Å². The third-order valence-electron chi connectivity index (χ3n) is 4.59. The molecule has 104 valence electrons. The summed E-state index contributed by atoms with van der Waals surface area (Å²) in [6.07, 6.45) is 0.547. The molecule has 0 aromatic heterocycles. The number of aliphatic hydroxyl groups excluding tert-OH is 2. The number of hydrogen-bond acceptors (Lipinski definition) is 4. The van der Waals surface area contributed by atoms with E-state index in [-0.39, 0.29) is 23.6 Å². The highest BCUT2D eigenvalue weighted by atomic mass is 16.4. The number of carbonyl (C=O) groups is 2. The fraction of sp³-hybridized carbons (Fsp3) is 0.692. The number of nitrogens with zero attached hydrogens (tertiary/aromatic N) is 1. The topological polar surface area (TPSA) is 98.1 Å². The van der Waals surface area contributed by atoms with E-state index in [1.807, 2.05) is 0 Å². The van der Waals surface area contributed by atoms with Crippen LogP contribution >= 0.6 is 0 Å². The maximum absolute atomic E-state index is 12.0. The lowest BCUT2D eigenvalue weighted by Gasteiger charge is -2.47. The van der Waals surface area contributed by atoms with E-state index < -0.39 is 24.1 Å². The molecule has 5 atom stereocenters. The zero-order chi connectivity index (χ0) is 13.9. The van der Waals surface area contributed by atoms with Crippen LogP contribution in [0, 0.1) is 11.8 Å². The number of fused-ring (bicyclic) bond motifs is 3. The van der Waals surface area contributed by atoms with Crippen LogP contribution in [-0.2, 0) is 9.59 Å². The van der Waals surface area contributed by atoms with Crippen molar-refractivity contribution in [1.29, 1.82) is 0 Å². The van der Waals surface area contributed by atoms with Crippen LogP contribution in [0.4, 0.5) is 0 Å². The summed E-state index contributed by atoms with van der Waals surface area (Å²) in [5.41, 5.74) is 0.435. The predicted octanol–water partition coefficient (Wildman–Crippen LogP) is -0.293. The molecule has 1 saturated heterocycles. The number of β-lactam (4-membered cyclic amide) rings is 1. The minimum absolute atomic E-state index is 0.0518. The first kappa shape index (κ1) is 12.6. The van der Waals surface area contributed by atoms with E-state index in [0.29, 0.717) is 12.0 Å². The molecule has 1 aliphatic carbocycles. The molecule has 3 N–H and O–H groups in total. The van der Waals surface area contributed by atoms with Crippen LogP contribution < -0.4 is 0 Å². The van der Waals surface area contributed by atoms with E-state index in [2.05, 4.69) is 0 Å². The third-order valence-corrected chi connectivity index (χ3v) is 4.59. The van der Waals surface area contributed by atoms with Gasteiger partial charge in [0.2, 0.25) is 5.91 Å². The standard InChI is InChI=1S/C13H17NO5/c1-5(15)8-10-6-3-2-4-7(16)9(6)11(13(18)19)14(10)12(8)17/h5-8,10,15-16H,2-4H2,1H3,(H,18,19)/t5-,6-,7-,8-,10-/m1/s1. The molecule has 0 unspecified atom stereocenters. The average Bonchev–Trinajstić information content (AvgIpc) is 2.61. The van der Waals surface area contributed by atoms with Crippen molar-refractivity contribution in [3.63, 3.8) is 0 Å². The molecule has 3 aliphatic rings. The molecular weight excluding hydrogens is 250 g/mol. The molecule has 0 aromatic carbocycles. The van der Waals surface area contributed by atoms with Gasteiger partial charge in [-0.05, 0) is 31.8 Å². The van der Waals surface area contributed by atoms with Crippen molar-refractivity contribution in [1.82, 2.24) is 4.90 Å². The highest BCUT2D eigenvalue weighted by Gasteiger charge is 2.62. The monoisotopic (exact) mass is 267 g/mol. The van der Waals surface area contributed by atoms with Crippen LogP contribution in [0.25, 0.3) is 0 Å². The van der Waals surface area contributed by atoms with E-state index in [4.69, 9.17) is 0 Å². The molecule has 2 heterocycles. The zero-order valence-electron chi connectivity index (χ0n) is 10.6. The van der Waals surface area contributed by atoms with Crippen molar-refractivity contribution in [3.8, 4) is 0 Å². The maximum atomic E-state index is 12.0. The Balaban J connectivity index is 2.04. The molecule has 6 heteroatoms. The first-order chi connectivity index (χ1) is 8.95. The summed E-state index contributed by atoms with van der Waals surface area (Å²) in [7, 11) is 0. The Morgan fingerprint density at radius 2 is 2.11 bits per heavy atom. The molecule has 3 rings (SSSR count). The van der Waals surface area contributed by atoms with Gasteiger partial charge < -0.3 is 20.2 Å². The molecule has 0 bridgehead atoms. The van der Waals surface area contributed by atoms with Crippen LogP contribution in [0.5, 0.6) is 0 Å². The number of hydrogen-bond donors (Lipinski definition) is 3. The van der Waals surface area contributed by atoms with Crippen molar-refractivity contribution in [2.75, 3.05) is 0 Å². The van der Waals surface area contributed by atoms with Crippen molar-refractivity contribution in [2.24, 2.45) is 11.8 Å². The molecule has 19 heavy (non-hydrogen) atoms. The molecule has 1 amide bonds. The summed E-state index contributed by atoms with van der Waals surface area (Å²) in [4.78, 5) is 24.7. The summed E-state index contributed by atoms with van der Waals surface area (Å²) in [5, 5.41) is 29.1. The van der Waals surface area contributed by atoms with E-state index in [1.165, 1.54) is 4.90 Å². The maximum Gasteiger partial charge on any atom is 0.352 e. The summed E-state index contributed by atoms with van der Waals surface area (Å²) in [5.74, 6) is -2.17. The quantitative estimate of drug-likeness (QED) is 0.597. The van der Waals surface area contributed by atoms with Gasteiger partial charge in [-0.2, -0.15) is 0 Å². The van der Waals surface area contributed by atoms with Crippen molar-refractivity contribution >= 4 is 11.9 Å². The van der Waals surface area contributed by atoms with Gasteiger partial charge in [-0.25, -0.2) is 4.79 Å². The first-order valence-corrected chi connectivity index (χ1v) is 6.61. The van der Waals surface area contributed by atoms with Gasteiger partial charge in [0.05, 0.1) is 24.2 Å². The zero-order valence-corrected chi connectivity index (χ0v) is 10.6. The highest BCUT2D eigenvalue weighted by Crippen LogP contribution is 2.52. The SMILES string of the molecule is C[C@@H](O)[C@H]1C(=O)N2C(C(=O)O)=C3[C@H](O)CCC[C@H]3[C@H]12. The summed E-state index contributed by atoms with van der Waals surface area (Å²) in [6, 6.07) is -0.288. The Kier molecular flexibility index (Phi) is 2.69. The lowest BCUT2D eigenvalue weighted by molar-refractivity contribution is -0.163. The van der Waals surface area contributed by atoms with E-state index in [9.17, 15) is 24.9 Å². The van der Waals surface area contributed by atoms with Gasteiger partial charge in [-0.15, -0.1) is 0 Å². The normalized spacial score (nSPS) is 38.7. The smallest absolute Gasteiger partial charge is 0.352 e. The number of carboxylic acid groups (broad SMARTS) is 1. The largest absolute Gasteiger partial charge is 0.477 e. The van der Waals surface area contributed by atoms with Crippen molar-refractivity contribution in [2.45, 2.75) is 44.4 Å². The van der Waals surface area contributed by atoms with Crippen LogP contribution in [0.2, 0.25) is 0 Å². The van der Waals surface area contributed by atoms with Gasteiger partial charge in [0.25, 0.3) is 0 Å². The van der Waals surface area contributed by atoms with E-state index in [1.54, 1.807) is 6.92 Å². The van der Waals surface area contributed by atoms with Gasteiger partial charge in [-0.3, -0.25) is 4.79 Å². The fourth-order valence-electron chi connectivity index (χ4n) is 3.86. The highest BCUT2D eigenvalue weighted by molar-refractivity contribution is 6.00. The Hall–Kier alpha value is -1.40. The number of aliphatic carboxylic acids is 1. The van der Waals surface area contributed by atoms with Gasteiger partial charge in [0.1, 0.15) is 5.70 Å². The molecular formula is C13H17NO5. The average molecular weight is 267 g/mol. The number of amides is 1. The first-order valence-electron chi connectivity index (χ1n) is 6.61. The van der Waals surface area contributed by atoms with Crippen LogP contribution in [0.15, 0.2) is 11.3 Å². The molecule has 0 radical (unpaired) electrons. The lowest BCUT2D eigenvalue weighted by atomic mass is 9.72. The van der Waals surface area contributed by atoms with Crippen LogP contribution in [0.1, 0.15) is 26.2 Å². The number of carboxylic acids is 1. The summed E-state index contributed by atoms with van der Waals surface area (Å²) in [6.45, 7) is 1.55. The van der Waals surface area contributed by atoms with Gasteiger partial charge in [0, 0.05) is 5.92 Å². The summed E-state index contributed by atoms with van der Waals surface area (Å²) >= 11 is 0. The van der Waals surface area contributed by atoms with Crippen LogP contribution in [0.3, 0.4) is 0 Å². The molecule has 6 nitrogen and oxygen atoms in total. The Morgan fingerprint density at radius 1 is 1.42 bits per heavy atom. The Bertz CT molecular complexity index is 483. The molecule has 2 aliphatic heterocycles. The Morgan fingerprint density at radius 3 is 2.68 bits per heavy atom. The molecule has 2 fully saturated rings. The fourth-order valence-corrected chi connectivity index (χ4v) is 3.86. The minimum Gasteiger partial charge on any atom is -0.477 e. The van der Waals surface area contributed by atoms with Crippen LogP contribution in [-0.4, -0.2) is 50.3 Å². The molecule has 1 saturated carbocycles. The second kappa shape index (κ2) is 4.05. The summed E-state index contributed by atoms with van der Waals surface area (Å²) < 4.78 is 0. The lowest BCUT2D eigenvalue weighted by Crippen LogP contribution is -2.64. The van der Waals surface area contributed by atoms with E-state index >= 15 is 0 Å². The number of carbonyl (C=O) groups excluding carboxylic acids is 1. The Labute approximate surface area is 110 Å². The van der Waals surface area contributed by atoms with E-state index in [0.717, 1.165) is 12.8 Å². The second-order valence-electron chi connectivity index (χ2n) is 5.63. The minimum atomic E-state index is -1.17. The molecule has 0 spiro atoms.